The smallest absolute Gasteiger partial charge is 0.128 e. The average molecular weight is 237 g/mol. The molecule has 0 saturated carbocycles. The van der Waals surface area contributed by atoms with Crippen LogP contribution in [0.1, 0.15) is 23.7 Å². The highest BCUT2D eigenvalue weighted by atomic mass is 16.5. The van der Waals surface area contributed by atoms with E-state index in [1.165, 1.54) is 0 Å². The molecule has 0 aliphatic rings. The van der Waals surface area contributed by atoms with Gasteiger partial charge in [0.25, 0.3) is 0 Å². The molecule has 0 amide bonds. The van der Waals surface area contributed by atoms with Crippen molar-refractivity contribution in [1.82, 2.24) is 9.88 Å². The second-order valence-corrected chi connectivity index (χ2v) is 4.72. The summed E-state index contributed by atoms with van der Waals surface area (Å²) in [7, 11) is 3.75. The van der Waals surface area contributed by atoms with Crippen molar-refractivity contribution >= 4 is 0 Å². The minimum Gasteiger partial charge on any atom is -0.496 e. The first kappa shape index (κ1) is 13.9. The van der Waals surface area contributed by atoms with Crippen LogP contribution >= 0.6 is 0 Å². The Balaban J connectivity index is 2.85. The van der Waals surface area contributed by atoms with Crippen molar-refractivity contribution in [3.63, 3.8) is 0 Å². The van der Waals surface area contributed by atoms with Gasteiger partial charge in [-0.3, -0.25) is 9.88 Å². The van der Waals surface area contributed by atoms with Gasteiger partial charge in [-0.25, -0.2) is 0 Å². The number of hydrogen-bond acceptors (Lipinski definition) is 4. The standard InChI is InChI=1S/C13H23N3O/c1-9-6-15-12(11(3)13(9)17-5)8-16(4)7-10(2)14/h6,10H,7-8,14H2,1-5H3. The summed E-state index contributed by atoms with van der Waals surface area (Å²) in [5.74, 6) is 0.934. The molecule has 1 aromatic heterocycles. The minimum atomic E-state index is 0.174. The van der Waals surface area contributed by atoms with Crippen molar-refractivity contribution in [2.75, 3.05) is 20.7 Å². The van der Waals surface area contributed by atoms with E-state index >= 15 is 0 Å². The first-order chi connectivity index (χ1) is 7.95. The Kier molecular flexibility index (Phi) is 4.90. The number of ether oxygens (including phenoxy) is 1. The number of pyridine rings is 1. The molecule has 1 heterocycles. The van der Waals surface area contributed by atoms with Crippen LogP contribution in [0.15, 0.2) is 6.20 Å². The van der Waals surface area contributed by atoms with Crippen molar-refractivity contribution in [3.8, 4) is 5.75 Å². The molecule has 1 rings (SSSR count). The maximum atomic E-state index is 5.78. The van der Waals surface area contributed by atoms with Crippen molar-refractivity contribution in [3.05, 3.63) is 23.0 Å². The van der Waals surface area contributed by atoms with Crippen molar-refractivity contribution in [2.45, 2.75) is 33.4 Å². The van der Waals surface area contributed by atoms with Gasteiger partial charge in [0, 0.05) is 36.5 Å². The van der Waals surface area contributed by atoms with Crippen LogP contribution in [-0.4, -0.2) is 36.6 Å². The molecule has 1 atom stereocenters. The Labute approximate surface area is 104 Å². The van der Waals surface area contributed by atoms with Gasteiger partial charge in [0.15, 0.2) is 0 Å². The van der Waals surface area contributed by atoms with E-state index in [-0.39, 0.29) is 6.04 Å². The summed E-state index contributed by atoms with van der Waals surface area (Å²) in [6.45, 7) is 7.72. The van der Waals surface area contributed by atoms with Crippen molar-refractivity contribution in [1.29, 1.82) is 0 Å². The summed E-state index contributed by atoms with van der Waals surface area (Å²) >= 11 is 0. The highest BCUT2D eigenvalue weighted by Gasteiger charge is 2.11. The molecule has 17 heavy (non-hydrogen) atoms. The molecule has 4 heteroatoms. The van der Waals surface area contributed by atoms with E-state index in [4.69, 9.17) is 10.5 Å². The number of hydrogen-bond donors (Lipinski definition) is 1. The molecule has 1 unspecified atom stereocenters. The van der Waals surface area contributed by atoms with Crippen LogP contribution in [0.4, 0.5) is 0 Å². The van der Waals surface area contributed by atoms with Crippen LogP contribution in [0, 0.1) is 13.8 Å². The quantitative estimate of drug-likeness (QED) is 0.843. The fourth-order valence-corrected chi connectivity index (χ4v) is 2.04. The van der Waals surface area contributed by atoms with E-state index in [0.717, 1.165) is 35.7 Å². The third kappa shape index (κ3) is 3.68. The Bertz CT molecular complexity index is 377. The predicted octanol–water partition coefficient (Wildman–Crippen LogP) is 1.49. The Hall–Kier alpha value is -1.13. The van der Waals surface area contributed by atoms with Gasteiger partial charge in [0.05, 0.1) is 12.8 Å². The van der Waals surface area contributed by atoms with Gasteiger partial charge in [0.1, 0.15) is 5.75 Å². The molecule has 0 saturated heterocycles. The van der Waals surface area contributed by atoms with E-state index < -0.39 is 0 Å². The summed E-state index contributed by atoms with van der Waals surface area (Å²) in [5.41, 5.74) is 9.02. The molecular formula is C13H23N3O. The molecule has 2 N–H and O–H groups in total. The second kappa shape index (κ2) is 5.98. The predicted molar refractivity (Wildman–Crippen MR) is 70.2 cm³/mol. The zero-order valence-corrected chi connectivity index (χ0v) is 11.4. The highest BCUT2D eigenvalue weighted by Crippen LogP contribution is 2.24. The van der Waals surface area contributed by atoms with E-state index in [1.54, 1.807) is 7.11 Å². The molecule has 1 aromatic rings. The monoisotopic (exact) mass is 237 g/mol. The molecule has 0 fully saturated rings. The van der Waals surface area contributed by atoms with Crippen LogP contribution < -0.4 is 10.5 Å². The third-order valence-corrected chi connectivity index (χ3v) is 2.77. The van der Waals surface area contributed by atoms with Gasteiger partial charge >= 0.3 is 0 Å². The van der Waals surface area contributed by atoms with Crippen molar-refractivity contribution < 1.29 is 4.74 Å². The summed E-state index contributed by atoms with van der Waals surface area (Å²) < 4.78 is 5.40. The lowest BCUT2D eigenvalue weighted by Gasteiger charge is -2.20. The van der Waals surface area contributed by atoms with Gasteiger partial charge in [-0.05, 0) is 27.8 Å². The van der Waals surface area contributed by atoms with Gasteiger partial charge in [-0.2, -0.15) is 0 Å². The fourth-order valence-electron chi connectivity index (χ4n) is 2.04. The van der Waals surface area contributed by atoms with Gasteiger partial charge in [-0.15, -0.1) is 0 Å². The Morgan fingerprint density at radius 3 is 2.65 bits per heavy atom. The second-order valence-electron chi connectivity index (χ2n) is 4.72. The molecular weight excluding hydrogens is 214 g/mol. The summed E-state index contributed by atoms with van der Waals surface area (Å²) in [4.78, 5) is 6.65. The Morgan fingerprint density at radius 1 is 1.47 bits per heavy atom. The van der Waals surface area contributed by atoms with E-state index in [0.29, 0.717) is 0 Å². The van der Waals surface area contributed by atoms with Crippen molar-refractivity contribution in [2.24, 2.45) is 5.73 Å². The molecule has 96 valence electrons. The topological polar surface area (TPSA) is 51.4 Å². The fraction of sp³-hybridized carbons (Fsp3) is 0.615. The molecule has 4 nitrogen and oxygen atoms in total. The number of methoxy groups -OCH3 is 1. The van der Waals surface area contributed by atoms with E-state index in [1.807, 2.05) is 27.0 Å². The average Bonchev–Trinajstić information content (AvgIpc) is 2.22. The number of nitrogens with zero attached hydrogens (tertiary/aromatic N) is 2. The van der Waals surface area contributed by atoms with Gasteiger partial charge in [-0.1, -0.05) is 0 Å². The zero-order chi connectivity index (χ0) is 13.0. The number of nitrogens with two attached hydrogens (primary N) is 1. The largest absolute Gasteiger partial charge is 0.496 e. The van der Waals surface area contributed by atoms with Gasteiger partial charge < -0.3 is 10.5 Å². The van der Waals surface area contributed by atoms with Gasteiger partial charge in [0.2, 0.25) is 0 Å². The van der Waals surface area contributed by atoms with Crippen LogP contribution in [0.25, 0.3) is 0 Å². The number of aromatic nitrogens is 1. The maximum absolute atomic E-state index is 5.78. The van der Waals surface area contributed by atoms with E-state index in [2.05, 4.69) is 16.9 Å². The molecule has 0 bridgehead atoms. The molecule has 0 aliphatic carbocycles. The third-order valence-electron chi connectivity index (χ3n) is 2.77. The highest BCUT2D eigenvalue weighted by molar-refractivity contribution is 5.40. The zero-order valence-electron chi connectivity index (χ0n) is 11.4. The first-order valence-corrected chi connectivity index (χ1v) is 5.89. The van der Waals surface area contributed by atoms with Crippen LogP contribution in [0.5, 0.6) is 5.75 Å². The first-order valence-electron chi connectivity index (χ1n) is 5.89. The summed E-state index contributed by atoms with van der Waals surface area (Å²) in [5, 5.41) is 0. The normalized spacial score (nSPS) is 12.9. The Morgan fingerprint density at radius 2 is 2.12 bits per heavy atom. The maximum Gasteiger partial charge on any atom is 0.128 e. The SMILES string of the molecule is COc1c(C)cnc(CN(C)CC(C)N)c1C. The lowest BCUT2D eigenvalue weighted by atomic mass is 10.1. The summed E-state index contributed by atoms with van der Waals surface area (Å²) in [6, 6.07) is 0.174. The molecule has 0 aliphatic heterocycles. The minimum absolute atomic E-state index is 0.174. The summed E-state index contributed by atoms with van der Waals surface area (Å²) in [6.07, 6.45) is 1.86. The molecule has 0 radical (unpaired) electrons. The van der Waals surface area contributed by atoms with Crippen LogP contribution in [0.3, 0.4) is 0 Å². The van der Waals surface area contributed by atoms with E-state index in [9.17, 15) is 0 Å². The number of likely N-dealkylation sites (N-methyl/N-ethyl adjacent to an activating group) is 1. The molecule has 0 aromatic carbocycles. The lowest BCUT2D eigenvalue weighted by molar-refractivity contribution is 0.304. The number of rotatable bonds is 5. The van der Waals surface area contributed by atoms with Crippen LogP contribution in [0.2, 0.25) is 0 Å². The lowest BCUT2D eigenvalue weighted by Crippen LogP contribution is -2.32. The molecule has 0 spiro atoms. The van der Waals surface area contributed by atoms with Crippen LogP contribution in [-0.2, 0) is 6.54 Å². The number of aryl methyl sites for hydroxylation is 1.